The first kappa shape index (κ1) is 18.8. The maximum atomic E-state index is 12.3. The van der Waals surface area contributed by atoms with Crippen LogP contribution in [0.2, 0.25) is 0 Å². The molecule has 9 nitrogen and oxygen atoms in total. The van der Waals surface area contributed by atoms with E-state index in [0.717, 1.165) is 10.7 Å². The molecule has 0 saturated carbocycles. The van der Waals surface area contributed by atoms with E-state index in [9.17, 15) is 9.59 Å². The van der Waals surface area contributed by atoms with Crippen molar-refractivity contribution in [3.05, 3.63) is 65.5 Å². The van der Waals surface area contributed by atoms with Gasteiger partial charge in [-0.3, -0.25) is 25.5 Å². The van der Waals surface area contributed by atoms with Gasteiger partial charge in [-0.2, -0.15) is 5.10 Å². The molecule has 4 rings (SSSR count). The van der Waals surface area contributed by atoms with Crippen molar-refractivity contribution in [1.82, 2.24) is 26.0 Å². The lowest BCUT2D eigenvalue weighted by Crippen LogP contribution is -2.41. The second-order valence-corrected chi connectivity index (χ2v) is 7.01. The molecule has 2 amide bonds. The Bertz CT molecular complexity index is 1010. The number of nitrogens with zero attached hydrogens (tertiary/aromatic N) is 2. The van der Waals surface area contributed by atoms with Gasteiger partial charge in [-0.1, -0.05) is 23.9 Å². The maximum Gasteiger partial charge on any atom is 0.269 e. The second-order valence-electron chi connectivity index (χ2n) is 6.04. The molecule has 29 heavy (non-hydrogen) atoms. The third-order valence-electron chi connectivity index (χ3n) is 4.08. The first-order chi connectivity index (χ1) is 14.2. The molecule has 0 saturated heterocycles. The van der Waals surface area contributed by atoms with Gasteiger partial charge in [0.1, 0.15) is 19.5 Å². The molecule has 0 aliphatic carbocycles. The largest absolute Gasteiger partial charge is 0.486 e. The van der Waals surface area contributed by atoms with E-state index in [-0.39, 0.29) is 0 Å². The summed E-state index contributed by atoms with van der Waals surface area (Å²) in [5, 5.41) is 7.30. The molecule has 148 valence electrons. The van der Waals surface area contributed by atoms with Gasteiger partial charge in [-0.25, -0.2) is 4.98 Å². The Labute approximate surface area is 170 Å². The minimum atomic E-state index is -0.449. The summed E-state index contributed by atoms with van der Waals surface area (Å²) in [5.41, 5.74) is 6.63. The number of fused-ring (bicyclic) bond motifs is 1. The smallest absolute Gasteiger partial charge is 0.269 e. The average Bonchev–Trinajstić information content (AvgIpc) is 3.29. The summed E-state index contributed by atoms with van der Waals surface area (Å²) < 4.78 is 10.9. The van der Waals surface area contributed by atoms with Gasteiger partial charge in [-0.05, 0) is 35.9 Å². The number of hydrogen-bond donors (Lipinski definition) is 3. The molecule has 0 radical (unpaired) electrons. The number of carbonyl (C=O) groups is 2. The number of amides is 2. The van der Waals surface area contributed by atoms with Crippen LogP contribution >= 0.6 is 11.8 Å². The number of rotatable bonds is 5. The Balaban J connectivity index is 1.30. The number of ether oxygens (including phenoxy) is 2. The molecule has 0 atom stereocenters. The van der Waals surface area contributed by atoms with E-state index in [1.54, 1.807) is 30.3 Å². The van der Waals surface area contributed by atoms with Crippen molar-refractivity contribution in [3.8, 4) is 11.5 Å². The standard InChI is InChI=1S/C19H17N5O4S/c25-17(13-3-1-12(2-4-13)10-29-19-20-11-21-24-19)22-23-18(26)14-5-6-15-16(9-14)28-8-7-27-15/h1-6,9,11H,7-8,10H2,(H,22,25)(H,23,26)(H,20,21,24). The zero-order valence-electron chi connectivity index (χ0n) is 15.2. The zero-order valence-corrected chi connectivity index (χ0v) is 16.0. The molecule has 3 N–H and O–H groups in total. The predicted octanol–water partition coefficient (Wildman–Crippen LogP) is 1.94. The number of aromatic amines is 1. The van der Waals surface area contributed by atoms with E-state index in [1.807, 2.05) is 12.1 Å². The molecule has 1 aromatic heterocycles. The quantitative estimate of drug-likeness (QED) is 0.434. The molecule has 1 aliphatic heterocycles. The summed E-state index contributed by atoms with van der Waals surface area (Å²) in [4.78, 5) is 28.6. The third kappa shape index (κ3) is 4.66. The normalized spacial score (nSPS) is 12.3. The molecule has 3 aromatic rings. The van der Waals surface area contributed by atoms with Crippen LogP contribution in [0.4, 0.5) is 0 Å². The van der Waals surface area contributed by atoms with Crippen molar-refractivity contribution in [3.63, 3.8) is 0 Å². The van der Waals surface area contributed by atoms with Crippen molar-refractivity contribution in [2.75, 3.05) is 13.2 Å². The average molecular weight is 411 g/mol. The Morgan fingerprint density at radius 2 is 1.66 bits per heavy atom. The number of hydrogen-bond acceptors (Lipinski definition) is 7. The van der Waals surface area contributed by atoms with E-state index in [1.165, 1.54) is 18.1 Å². The Morgan fingerprint density at radius 3 is 2.38 bits per heavy atom. The third-order valence-corrected chi connectivity index (χ3v) is 5.03. The van der Waals surface area contributed by atoms with Gasteiger partial charge < -0.3 is 9.47 Å². The van der Waals surface area contributed by atoms with E-state index < -0.39 is 11.8 Å². The number of nitrogens with one attached hydrogen (secondary N) is 3. The van der Waals surface area contributed by atoms with E-state index in [0.29, 0.717) is 41.6 Å². The van der Waals surface area contributed by atoms with Gasteiger partial charge in [0.25, 0.3) is 11.8 Å². The minimum absolute atomic E-state index is 0.356. The number of thioether (sulfide) groups is 1. The van der Waals surface area contributed by atoms with Crippen LogP contribution in [-0.2, 0) is 5.75 Å². The lowest BCUT2D eigenvalue weighted by atomic mass is 10.1. The number of aromatic nitrogens is 3. The topological polar surface area (TPSA) is 118 Å². The fourth-order valence-corrected chi connectivity index (χ4v) is 3.35. The minimum Gasteiger partial charge on any atom is -0.486 e. The highest BCUT2D eigenvalue weighted by Gasteiger charge is 2.15. The van der Waals surface area contributed by atoms with E-state index in [2.05, 4.69) is 26.0 Å². The highest BCUT2D eigenvalue weighted by atomic mass is 32.2. The molecule has 0 fully saturated rings. The van der Waals surface area contributed by atoms with Gasteiger partial charge >= 0.3 is 0 Å². The SMILES string of the molecule is O=C(NNC(=O)c1ccc2c(c1)OCCO2)c1ccc(CSc2ncn[nH]2)cc1. The van der Waals surface area contributed by atoms with Crippen LogP contribution in [0, 0.1) is 0 Å². The van der Waals surface area contributed by atoms with Gasteiger partial charge in [0.05, 0.1) is 0 Å². The molecule has 0 bridgehead atoms. The van der Waals surface area contributed by atoms with E-state index in [4.69, 9.17) is 9.47 Å². The summed E-state index contributed by atoms with van der Waals surface area (Å²) in [6.07, 6.45) is 1.45. The number of carbonyl (C=O) groups excluding carboxylic acids is 2. The van der Waals surface area contributed by atoms with Crippen LogP contribution in [0.25, 0.3) is 0 Å². The van der Waals surface area contributed by atoms with Crippen molar-refractivity contribution >= 4 is 23.6 Å². The van der Waals surface area contributed by atoms with E-state index >= 15 is 0 Å². The van der Waals surface area contributed by atoms with Crippen LogP contribution in [0.1, 0.15) is 26.3 Å². The number of H-pyrrole nitrogens is 1. The van der Waals surface area contributed by atoms with Crippen LogP contribution in [-0.4, -0.2) is 40.2 Å². The molecule has 2 aromatic carbocycles. The molecule has 0 spiro atoms. The molecular formula is C19H17N5O4S. The van der Waals surface area contributed by atoms with Gasteiger partial charge in [0.15, 0.2) is 16.7 Å². The molecular weight excluding hydrogens is 394 g/mol. The number of benzene rings is 2. The Hall–Kier alpha value is -3.53. The second kappa shape index (κ2) is 8.65. The summed E-state index contributed by atoms with van der Waals surface area (Å²) in [7, 11) is 0. The lowest BCUT2D eigenvalue weighted by Gasteiger charge is -2.18. The van der Waals surface area contributed by atoms with Gasteiger partial charge in [0.2, 0.25) is 0 Å². The summed E-state index contributed by atoms with van der Waals surface area (Å²) in [5.74, 6) is 0.936. The fourth-order valence-electron chi connectivity index (χ4n) is 2.61. The highest BCUT2D eigenvalue weighted by molar-refractivity contribution is 7.98. The number of hydrazine groups is 1. The van der Waals surface area contributed by atoms with Crippen molar-refractivity contribution in [1.29, 1.82) is 0 Å². The zero-order chi connectivity index (χ0) is 20.1. The summed E-state index contributed by atoms with van der Waals surface area (Å²) in [6, 6.07) is 11.9. The van der Waals surface area contributed by atoms with Crippen LogP contribution < -0.4 is 20.3 Å². The Kier molecular flexibility index (Phi) is 5.61. The molecule has 0 unspecified atom stereocenters. The molecule has 1 aliphatic rings. The highest BCUT2D eigenvalue weighted by Crippen LogP contribution is 2.30. The van der Waals surface area contributed by atoms with Crippen molar-refractivity contribution < 1.29 is 19.1 Å². The lowest BCUT2D eigenvalue weighted by molar-refractivity contribution is 0.0846. The predicted molar refractivity (Wildman–Crippen MR) is 105 cm³/mol. The molecule has 10 heteroatoms. The maximum absolute atomic E-state index is 12.3. The molecule has 2 heterocycles. The van der Waals surface area contributed by atoms with Gasteiger partial charge in [-0.15, -0.1) is 0 Å². The van der Waals surface area contributed by atoms with Crippen LogP contribution in [0.5, 0.6) is 11.5 Å². The van der Waals surface area contributed by atoms with Crippen molar-refractivity contribution in [2.45, 2.75) is 10.9 Å². The monoisotopic (exact) mass is 411 g/mol. The van der Waals surface area contributed by atoms with Crippen LogP contribution in [0.3, 0.4) is 0 Å². The van der Waals surface area contributed by atoms with Gasteiger partial charge in [0, 0.05) is 16.9 Å². The summed E-state index contributed by atoms with van der Waals surface area (Å²) >= 11 is 1.51. The summed E-state index contributed by atoms with van der Waals surface area (Å²) in [6.45, 7) is 0.911. The first-order valence-corrected chi connectivity index (χ1v) is 9.75. The first-order valence-electron chi connectivity index (χ1n) is 8.76. The van der Waals surface area contributed by atoms with Crippen LogP contribution in [0.15, 0.2) is 53.9 Å². The Morgan fingerprint density at radius 1 is 0.966 bits per heavy atom. The van der Waals surface area contributed by atoms with Crippen molar-refractivity contribution in [2.24, 2.45) is 0 Å². The fraction of sp³-hybridized carbons (Fsp3) is 0.158.